The summed E-state index contributed by atoms with van der Waals surface area (Å²) >= 11 is 0. The average Bonchev–Trinajstić information content (AvgIpc) is 3.59. The Morgan fingerprint density at radius 2 is 1.71 bits per heavy atom. The molecule has 1 aliphatic carbocycles. The van der Waals surface area contributed by atoms with Crippen LogP contribution in [-0.2, 0) is 28.4 Å². The summed E-state index contributed by atoms with van der Waals surface area (Å²) < 4.78 is 43.2. The standard InChI is InChI=1S/C40H49N5O6S/c1-24(2)36-35(40(47)44-16-18-51-19-17-44)37(43(5)41-36)29-20-28-21-30(50-6)13-15-31(28)38-34(26-10-8-7-9-11-26)32-14-12-27(22-33(32)45(38)23-29)39(46)42-52(48,49)25(3)4/h12-15,20-22,24-26H,7-11,16-19,23H2,1-6H3,(H,42,46). The number of carbonyl (C=O) groups excluding carboxylic acids is 2. The minimum atomic E-state index is -3.84. The molecule has 0 unspecified atom stereocenters. The van der Waals surface area contributed by atoms with Crippen molar-refractivity contribution in [2.45, 2.75) is 83.4 Å². The van der Waals surface area contributed by atoms with Crippen molar-refractivity contribution in [2.75, 3.05) is 33.4 Å². The van der Waals surface area contributed by atoms with E-state index in [0.29, 0.717) is 44.3 Å². The number of ether oxygens (including phenoxy) is 2. The SMILES string of the molecule is COc1ccc2c(c1)C=C(c1c(C(=O)N3CCOCC3)c(C(C)C)nn1C)Cn1c-2c(C2CCCCC2)c2ccc(C(=O)NS(=O)(=O)C(C)C)cc21. The van der Waals surface area contributed by atoms with E-state index < -0.39 is 21.2 Å². The fourth-order valence-corrected chi connectivity index (χ4v) is 8.70. The predicted octanol–water partition coefficient (Wildman–Crippen LogP) is 6.72. The first-order chi connectivity index (χ1) is 24.9. The maximum absolute atomic E-state index is 14.5. The van der Waals surface area contributed by atoms with Crippen LogP contribution < -0.4 is 9.46 Å². The molecule has 1 saturated carbocycles. The first-order valence-corrected chi connectivity index (χ1v) is 20.0. The molecule has 11 nitrogen and oxygen atoms in total. The highest BCUT2D eigenvalue weighted by Gasteiger charge is 2.34. The summed E-state index contributed by atoms with van der Waals surface area (Å²) in [5.41, 5.74) is 8.42. The number of benzene rings is 2. The van der Waals surface area contributed by atoms with Gasteiger partial charge in [0, 0.05) is 42.2 Å². The molecule has 0 radical (unpaired) electrons. The number of amides is 2. The van der Waals surface area contributed by atoms with Crippen molar-refractivity contribution in [1.29, 1.82) is 0 Å². The molecule has 0 bridgehead atoms. The lowest BCUT2D eigenvalue weighted by Gasteiger charge is -2.27. The Morgan fingerprint density at radius 1 is 0.981 bits per heavy atom. The topological polar surface area (TPSA) is 125 Å². The van der Waals surface area contributed by atoms with Gasteiger partial charge in [0.25, 0.3) is 11.8 Å². The molecule has 2 aromatic heterocycles. The molecule has 2 aromatic carbocycles. The first kappa shape index (κ1) is 36.0. The lowest BCUT2D eigenvalue weighted by molar-refractivity contribution is 0.0301. The van der Waals surface area contributed by atoms with Crippen LogP contribution in [0.3, 0.4) is 0 Å². The van der Waals surface area contributed by atoms with E-state index in [9.17, 15) is 18.0 Å². The Kier molecular flexibility index (Phi) is 9.81. The van der Waals surface area contributed by atoms with Crippen molar-refractivity contribution in [3.05, 3.63) is 70.0 Å². The van der Waals surface area contributed by atoms with Crippen molar-refractivity contribution >= 4 is 44.4 Å². The molecule has 2 amide bonds. The van der Waals surface area contributed by atoms with Crippen LogP contribution in [0.4, 0.5) is 0 Å². The van der Waals surface area contributed by atoms with Crippen LogP contribution in [0.2, 0.25) is 0 Å². The van der Waals surface area contributed by atoms with Gasteiger partial charge >= 0.3 is 0 Å². The van der Waals surface area contributed by atoms with Crippen LogP contribution in [0.1, 0.15) is 115 Å². The van der Waals surface area contributed by atoms with Crippen LogP contribution in [0, 0.1) is 0 Å². The molecule has 2 fully saturated rings. The van der Waals surface area contributed by atoms with Crippen LogP contribution >= 0.6 is 0 Å². The highest BCUT2D eigenvalue weighted by Crippen LogP contribution is 2.48. The monoisotopic (exact) mass is 727 g/mol. The maximum Gasteiger partial charge on any atom is 0.264 e. The van der Waals surface area contributed by atoms with E-state index in [0.717, 1.165) is 76.1 Å². The molecular weight excluding hydrogens is 679 g/mol. The van der Waals surface area contributed by atoms with Crippen molar-refractivity contribution in [3.63, 3.8) is 0 Å². The predicted molar refractivity (Wildman–Crippen MR) is 203 cm³/mol. The molecule has 0 atom stereocenters. The number of rotatable bonds is 8. The van der Waals surface area contributed by atoms with Gasteiger partial charge in [-0.05, 0) is 91.6 Å². The van der Waals surface area contributed by atoms with E-state index in [1.54, 1.807) is 27.0 Å². The molecule has 7 rings (SSSR count). The second-order valence-corrected chi connectivity index (χ2v) is 17.1. The molecule has 276 valence electrons. The number of methoxy groups -OCH3 is 1. The van der Waals surface area contributed by atoms with Gasteiger partial charge in [0.1, 0.15) is 5.75 Å². The summed E-state index contributed by atoms with van der Waals surface area (Å²) in [4.78, 5) is 29.8. The molecule has 2 aliphatic heterocycles. The van der Waals surface area contributed by atoms with Crippen molar-refractivity contribution in [3.8, 4) is 17.0 Å². The number of nitrogens with zero attached hydrogens (tertiary/aromatic N) is 4. The zero-order valence-electron chi connectivity index (χ0n) is 31.0. The Bertz CT molecular complexity index is 2180. The van der Waals surface area contributed by atoms with Crippen molar-refractivity contribution in [2.24, 2.45) is 7.05 Å². The quantitative estimate of drug-likeness (QED) is 0.214. The lowest BCUT2D eigenvalue weighted by Crippen LogP contribution is -2.41. The van der Waals surface area contributed by atoms with Gasteiger partial charge in [-0.2, -0.15) is 5.10 Å². The number of morpholine rings is 1. The van der Waals surface area contributed by atoms with Gasteiger partial charge in [-0.25, -0.2) is 13.1 Å². The average molecular weight is 728 g/mol. The summed E-state index contributed by atoms with van der Waals surface area (Å²) in [6, 6.07) is 11.7. The second kappa shape index (κ2) is 14.2. The van der Waals surface area contributed by atoms with E-state index in [1.807, 2.05) is 40.9 Å². The molecule has 1 N–H and O–H groups in total. The second-order valence-electron chi connectivity index (χ2n) is 14.9. The lowest BCUT2D eigenvalue weighted by atomic mass is 9.81. The van der Waals surface area contributed by atoms with Crippen LogP contribution in [0.5, 0.6) is 5.75 Å². The molecule has 12 heteroatoms. The normalized spacial score (nSPS) is 16.8. The van der Waals surface area contributed by atoms with Crippen LogP contribution in [0.25, 0.3) is 33.8 Å². The van der Waals surface area contributed by atoms with Crippen molar-refractivity contribution < 1.29 is 27.5 Å². The van der Waals surface area contributed by atoms with Crippen LogP contribution in [0.15, 0.2) is 36.4 Å². The summed E-state index contributed by atoms with van der Waals surface area (Å²) in [6.45, 7) is 9.61. The summed E-state index contributed by atoms with van der Waals surface area (Å²) in [5, 5.41) is 5.25. The number of aryl methyl sites for hydroxylation is 1. The maximum atomic E-state index is 14.5. The Morgan fingerprint density at radius 3 is 2.38 bits per heavy atom. The highest BCUT2D eigenvalue weighted by molar-refractivity contribution is 7.90. The zero-order valence-corrected chi connectivity index (χ0v) is 31.8. The van der Waals surface area contributed by atoms with E-state index in [1.165, 1.54) is 12.0 Å². The van der Waals surface area contributed by atoms with Gasteiger partial charge in [-0.3, -0.25) is 14.3 Å². The number of sulfonamides is 1. The van der Waals surface area contributed by atoms with E-state index in [4.69, 9.17) is 14.6 Å². The van der Waals surface area contributed by atoms with E-state index in [-0.39, 0.29) is 17.4 Å². The Labute approximate surface area is 306 Å². The van der Waals surface area contributed by atoms with E-state index in [2.05, 4.69) is 35.3 Å². The minimum absolute atomic E-state index is 0.00256. The Hall–Kier alpha value is -4.42. The zero-order chi connectivity index (χ0) is 36.9. The van der Waals surface area contributed by atoms with Gasteiger partial charge in [0.2, 0.25) is 10.0 Å². The largest absolute Gasteiger partial charge is 0.497 e. The third-order valence-corrected chi connectivity index (χ3v) is 12.6. The van der Waals surface area contributed by atoms with E-state index >= 15 is 0 Å². The molecule has 0 spiro atoms. The number of allylic oxidation sites excluding steroid dienone is 1. The minimum Gasteiger partial charge on any atom is -0.497 e. The molecule has 52 heavy (non-hydrogen) atoms. The first-order valence-electron chi connectivity index (χ1n) is 18.4. The number of carbonyl (C=O) groups is 2. The number of hydrogen-bond donors (Lipinski definition) is 1. The fourth-order valence-electron chi connectivity index (χ4n) is 8.09. The number of hydrogen-bond acceptors (Lipinski definition) is 7. The van der Waals surface area contributed by atoms with Crippen LogP contribution in [-0.4, -0.2) is 78.1 Å². The molecule has 4 heterocycles. The molecule has 4 aromatic rings. The van der Waals surface area contributed by atoms with Gasteiger partial charge in [-0.15, -0.1) is 0 Å². The summed E-state index contributed by atoms with van der Waals surface area (Å²) in [7, 11) is -0.279. The highest BCUT2D eigenvalue weighted by atomic mass is 32.2. The smallest absolute Gasteiger partial charge is 0.264 e. The number of nitrogens with one attached hydrogen (secondary N) is 1. The number of fused-ring (bicyclic) bond motifs is 5. The molecule has 1 saturated heterocycles. The molecular formula is C40H49N5O6S. The third-order valence-electron chi connectivity index (χ3n) is 10.8. The van der Waals surface area contributed by atoms with Gasteiger partial charge in [0.05, 0.1) is 54.8 Å². The van der Waals surface area contributed by atoms with Gasteiger partial charge in [-0.1, -0.05) is 39.2 Å². The Balaban J connectivity index is 1.49. The third kappa shape index (κ3) is 6.44. The fraction of sp³-hybridized carbons (Fsp3) is 0.475. The number of aromatic nitrogens is 3. The summed E-state index contributed by atoms with van der Waals surface area (Å²) in [5.74, 6) is 0.319. The summed E-state index contributed by atoms with van der Waals surface area (Å²) in [6.07, 6.45) is 7.77. The molecule has 3 aliphatic rings. The van der Waals surface area contributed by atoms with Gasteiger partial charge < -0.3 is 18.9 Å². The van der Waals surface area contributed by atoms with Gasteiger partial charge in [0.15, 0.2) is 0 Å². The van der Waals surface area contributed by atoms with Crippen molar-refractivity contribution in [1.82, 2.24) is 24.0 Å².